The van der Waals surface area contributed by atoms with Crippen LogP contribution in [0.3, 0.4) is 0 Å². The molecule has 12 N–H and O–H groups in total. The smallest absolute Gasteiger partial charge is 0.328 e. The summed E-state index contributed by atoms with van der Waals surface area (Å²) >= 11 is 0. The number of nitrogens with two attached hydrogens (primary N) is 2. The molecule has 1 aliphatic heterocycles. The number of hydrogen-bond donors (Lipinski definition) is 10. The van der Waals surface area contributed by atoms with Gasteiger partial charge in [-0.15, -0.1) is 0 Å². The quantitative estimate of drug-likeness (QED) is 0.0332. The van der Waals surface area contributed by atoms with E-state index in [1.807, 2.05) is 0 Å². The van der Waals surface area contributed by atoms with Crippen LogP contribution in [0.4, 0.5) is 0 Å². The fraction of sp³-hybridized carbons (Fsp3) is 0.600. The number of likely N-dealkylation sites (tertiary alicyclic amines) is 1. The number of nitrogens with one attached hydrogen (secondary N) is 7. The fourth-order valence-electron chi connectivity index (χ4n) is 6.41. The van der Waals surface area contributed by atoms with E-state index in [0.717, 1.165) is 0 Å². The molecule has 344 valence electrons. The molecule has 0 bridgehead atoms. The van der Waals surface area contributed by atoms with Gasteiger partial charge in [-0.2, -0.15) is 0 Å². The highest BCUT2D eigenvalue weighted by Gasteiger charge is 2.38. The van der Waals surface area contributed by atoms with E-state index in [1.54, 1.807) is 44.2 Å². The van der Waals surface area contributed by atoms with Crippen molar-refractivity contribution in [3.05, 3.63) is 35.9 Å². The summed E-state index contributed by atoms with van der Waals surface area (Å²) in [5, 5.41) is 27.5. The van der Waals surface area contributed by atoms with Crippen molar-refractivity contribution < 1.29 is 57.8 Å². The lowest BCUT2D eigenvalue weighted by atomic mass is 10.0. The van der Waals surface area contributed by atoms with Crippen LogP contribution in [0.1, 0.15) is 72.3 Å². The number of carbonyl (C=O) groups is 10. The number of ether oxygens (including phenoxy) is 1. The van der Waals surface area contributed by atoms with Gasteiger partial charge < -0.3 is 63.4 Å². The highest BCUT2D eigenvalue weighted by Crippen LogP contribution is 2.20. The number of unbranched alkanes of at least 4 members (excludes halogenated alkanes) is 1. The van der Waals surface area contributed by atoms with Crippen molar-refractivity contribution in [3.8, 4) is 0 Å². The van der Waals surface area contributed by atoms with Gasteiger partial charge in [-0.25, -0.2) is 4.79 Å². The first-order valence-electron chi connectivity index (χ1n) is 20.4. The lowest BCUT2D eigenvalue weighted by Gasteiger charge is -2.29. The molecular weight excluding hydrogens is 812 g/mol. The molecule has 1 aliphatic rings. The van der Waals surface area contributed by atoms with Crippen LogP contribution < -0.4 is 48.7 Å². The van der Waals surface area contributed by atoms with E-state index >= 15 is 0 Å². The molecule has 0 radical (unpaired) electrons. The fourth-order valence-corrected chi connectivity index (χ4v) is 6.41. The van der Waals surface area contributed by atoms with Crippen LogP contribution in [0.15, 0.2) is 30.3 Å². The van der Waals surface area contributed by atoms with E-state index < -0.39 is 127 Å². The van der Waals surface area contributed by atoms with E-state index in [1.165, 1.54) is 25.7 Å². The van der Waals surface area contributed by atoms with Crippen molar-refractivity contribution in [1.82, 2.24) is 42.1 Å². The van der Waals surface area contributed by atoms with Crippen LogP contribution in [-0.2, 0) is 59.1 Å². The van der Waals surface area contributed by atoms with Gasteiger partial charge >= 0.3 is 5.97 Å². The summed E-state index contributed by atoms with van der Waals surface area (Å²) in [4.78, 5) is 129. The molecule has 1 aromatic rings. The van der Waals surface area contributed by atoms with Crippen LogP contribution in [0.2, 0.25) is 0 Å². The molecule has 62 heavy (non-hydrogen) atoms. The minimum absolute atomic E-state index is 0.0403. The topological polar surface area (TPSA) is 340 Å². The molecule has 2 rings (SSSR count). The van der Waals surface area contributed by atoms with Gasteiger partial charge in [-0.05, 0) is 64.0 Å². The zero-order valence-electron chi connectivity index (χ0n) is 35.8. The maximum atomic E-state index is 13.3. The van der Waals surface area contributed by atoms with Crippen LogP contribution in [0, 0.1) is 5.92 Å². The normalized spacial score (nSPS) is 16.3. The Balaban J connectivity index is 1.96. The van der Waals surface area contributed by atoms with Gasteiger partial charge in [0.1, 0.15) is 36.3 Å². The third-order valence-corrected chi connectivity index (χ3v) is 9.64. The van der Waals surface area contributed by atoms with Crippen molar-refractivity contribution in [3.63, 3.8) is 0 Å². The number of aliphatic hydroxyl groups excluding tert-OH is 1. The molecule has 1 fully saturated rings. The highest BCUT2D eigenvalue weighted by atomic mass is 16.5. The summed E-state index contributed by atoms with van der Waals surface area (Å²) in [5.41, 5.74) is 11.4. The van der Waals surface area contributed by atoms with E-state index in [0.29, 0.717) is 44.2 Å². The molecule has 0 spiro atoms. The number of primary amides is 1. The average Bonchev–Trinajstić information content (AvgIpc) is 3.71. The molecular formula is C40H62N10O12. The summed E-state index contributed by atoms with van der Waals surface area (Å²) in [7, 11) is 0. The Morgan fingerprint density at radius 3 is 2.05 bits per heavy atom. The number of carbonyl (C=O) groups excluding carboxylic acids is 10. The Bertz CT molecular complexity index is 1740. The first kappa shape index (κ1) is 52.0. The number of esters is 1. The molecule has 22 heteroatoms. The van der Waals surface area contributed by atoms with Gasteiger partial charge in [0, 0.05) is 19.9 Å². The number of rotatable bonds is 25. The second kappa shape index (κ2) is 26.2. The van der Waals surface area contributed by atoms with Crippen molar-refractivity contribution in [2.75, 3.05) is 32.8 Å². The molecule has 0 unspecified atom stereocenters. The van der Waals surface area contributed by atoms with Crippen molar-refractivity contribution in [2.24, 2.45) is 17.4 Å². The van der Waals surface area contributed by atoms with Gasteiger partial charge in [0.05, 0.1) is 19.2 Å². The zero-order valence-corrected chi connectivity index (χ0v) is 35.8. The van der Waals surface area contributed by atoms with Crippen LogP contribution >= 0.6 is 0 Å². The largest absolute Gasteiger partial charge is 0.454 e. The summed E-state index contributed by atoms with van der Waals surface area (Å²) in [6.07, 6.45) is 0.950. The summed E-state index contributed by atoms with van der Waals surface area (Å²) in [5.74, 6) is -8.10. The van der Waals surface area contributed by atoms with Crippen molar-refractivity contribution >= 4 is 59.1 Å². The standard InChI is InChI=1S/C40H62N10O12/c1-22(2)33(37(58)45-23(3)40(61)62-21-32(55)47-28(35(56)43-19-30(42)53)18-26-12-7-6-8-13-26)49-38(59)34(24(4)51)48-31(54)20-44-36(57)29-15-11-17-50(29)39(60)27(46-25(5)52)14-9-10-16-41/h6-8,12-13,22-24,27-29,33-34,51H,9-11,14-21,41H2,1-5H3,(H2,42,53)(H,43,56)(H,44,57)(H,45,58)(H,46,52)(H,47,55)(H,48,54)(H,49,59)/t23-,24+,27-,28-,29-,33-,34-/m0/s1. The number of amides is 9. The molecule has 22 nitrogen and oxygen atoms in total. The first-order valence-corrected chi connectivity index (χ1v) is 20.4. The Hall–Kier alpha value is -6.16. The number of nitrogens with zero attached hydrogens (tertiary/aromatic N) is 1. The van der Waals surface area contributed by atoms with Crippen LogP contribution in [0.25, 0.3) is 0 Å². The SMILES string of the molecule is CC(=O)N[C@@H](CCCCN)C(=O)N1CCC[C@H]1C(=O)NCC(=O)N[C@H](C(=O)N[C@H](C(=O)N[C@@H](C)C(=O)OCC(=O)N[C@@H](Cc1ccccc1)C(=O)NCC(N)=O)C(C)C)[C@@H](C)O. The maximum Gasteiger partial charge on any atom is 0.328 e. The Labute approximate surface area is 360 Å². The van der Waals surface area contributed by atoms with Gasteiger partial charge in [0.2, 0.25) is 47.3 Å². The van der Waals surface area contributed by atoms with E-state index in [9.17, 15) is 53.1 Å². The number of benzene rings is 1. The Morgan fingerprint density at radius 2 is 1.45 bits per heavy atom. The van der Waals surface area contributed by atoms with Crippen LogP contribution in [-0.4, -0.2) is 144 Å². The van der Waals surface area contributed by atoms with Crippen LogP contribution in [0.5, 0.6) is 0 Å². The summed E-state index contributed by atoms with van der Waals surface area (Å²) in [6.45, 7) is 5.71. The van der Waals surface area contributed by atoms with E-state index in [-0.39, 0.29) is 13.0 Å². The minimum atomic E-state index is -1.59. The van der Waals surface area contributed by atoms with Gasteiger partial charge in [0.25, 0.3) is 5.91 Å². The summed E-state index contributed by atoms with van der Waals surface area (Å²) < 4.78 is 5.05. The number of aliphatic hydroxyl groups is 1. The predicted molar refractivity (Wildman–Crippen MR) is 221 cm³/mol. The monoisotopic (exact) mass is 874 g/mol. The minimum Gasteiger partial charge on any atom is -0.454 e. The Kier molecular flexibility index (Phi) is 22.0. The molecule has 1 aromatic carbocycles. The lowest BCUT2D eigenvalue weighted by molar-refractivity contribution is -0.151. The van der Waals surface area contributed by atoms with Gasteiger partial charge in [0.15, 0.2) is 6.61 Å². The molecule has 0 saturated carbocycles. The maximum absolute atomic E-state index is 13.3. The van der Waals surface area contributed by atoms with E-state index in [2.05, 4.69) is 37.2 Å². The predicted octanol–water partition coefficient (Wildman–Crippen LogP) is -3.89. The van der Waals surface area contributed by atoms with Gasteiger partial charge in [-0.3, -0.25) is 43.2 Å². The molecule has 1 heterocycles. The second-order valence-electron chi connectivity index (χ2n) is 15.3. The molecule has 7 atom stereocenters. The third kappa shape index (κ3) is 17.8. The van der Waals surface area contributed by atoms with Crippen molar-refractivity contribution in [2.45, 2.75) is 115 Å². The van der Waals surface area contributed by atoms with Gasteiger partial charge in [-0.1, -0.05) is 44.2 Å². The number of hydrogen-bond acceptors (Lipinski definition) is 13. The highest BCUT2D eigenvalue weighted by molar-refractivity contribution is 5.96. The molecule has 0 aromatic heterocycles. The second-order valence-corrected chi connectivity index (χ2v) is 15.3. The molecule has 1 saturated heterocycles. The third-order valence-electron chi connectivity index (χ3n) is 9.64. The van der Waals surface area contributed by atoms with E-state index in [4.69, 9.17) is 16.2 Å². The first-order chi connectivity index (χ1) is 29.2. The van der Waals surface area contributed by atoms with Crippen molar-refractivity contribution in [1.29, 1.82) is 0 Å². The average molecular weight is 875 g/mol. The summed E-state index contributed by atoms with van der Waals surface area (Å²) in [6, 6.07) is 1.53. The molecule has 0 aliphatic carbocycles. The Morgan fingerprint density at radius 1 is 0.790 bits per heavy atom. The molecule has 9 amide bonds. The lowest BCUT2D eigenvalue weighted by Crippen LogP contribution is -2.60. The zero-order chi connectivity index (χ0) is 46.5.